The minimum Gasteiger partial charge on any atom is -0.382 e. The number of hydrogen-bond acceptors (Lipinski definition) is 3. The van der Waals surface area contributed by atoms with Crippen LogP contribution in [0.15, 0.2) is 24.3 Å². The third-order valence-corrected chi connectivity index (χ3v) is 4.88. The van der Waals surface area contributed by atoms with Gasteiger partial charge in [0.1, 0.15) is 0 Å². The zero-order valence-electron chi connectivity index (χ0n) is 15.3. The van der Waals surface area contributed by atoms with Crippen LogP contribution in [-0.4, -0.2) is 49.7 Å². The molecule has 0 atom stereocenters. The second-order valence-corrected chi connectivity index (χ2v) is 6.76. The summed E-state index contributed by atoms with van der Waals surface area (Å²) in [4.78, 5) is 26.2. The highest BCUT2D eigenvalue weighted by Crippen LogP contribution is 2.18. The van der Waals surface area contributed by atoms with Crippen molar-refractivity contribution in [2.75, 3.05) is 32.8 Å². The van der Waals surface area contributed by atoms with E-state index < -0.39 is 0 Å². The van der Waals surface area contributed by atoms with Crippen molar-refractivity contribution in [1.29, 1.82) is 0 Å². The molecule has 1 fully saturated rings. The van der Waals surface area contributed by atoms with E-state index in [9.17, 15) is 9.59 Å². The second kappa shape index (κ2) is 11.0. The lowest BCUT2D eigenvalue weighted by atomic mass is 9.96. The van der Waals surface area contributed by atoms with E-state index in [2.05, 4.69) is 10.6 Å². The topological polar surface area (TPSA) is 70.7 Å². The number of carbonyl (C=O) groups excluding carboxylic acids is 2. The van der Waals surface area contributed by atoms with Crippen LogP contribution < -0.4 is 10.6 Å². The summed E-state index contributed by atoms with van der Waals surface area (Å²) < 4.78 is 5.25. The fraction of sp³-hybridized carbons (Fsp3) is 0.579. The van der Waals surface area contributed by atoms with Crippen LogP contribution in [0.1, 0.15) is 31.7 Å². The zero-order valence-corrected chi connectivity index (χ0v) is 16.1. The Hall–Kier alpha value is -1.79. The fourth-order valence-corrected chi connectivity index (χ4v) is 3.15. The van der Waals surface area contributed by atoms with E-state index in [1.54, 1.807) is 4.90 Å². The third kappa shape index (κ3) is 6.50. The molecule has 2 rings (SSSR count). The van der Waals surface area contributed by atoms with Crippen LogP contribution in [0.3, 0.4) is 0 Å². The molecule has 0 bridgehead atoms. The van der Waals surface area contributed by atoms with E-state index in [0.29, 0.717) is 57.3 Å². The van der Waals surface area contributed by atoms with Gasteiger partial charge in [-0.05, 0) is 37.8 Å². The first-order valence-corrected chi connectivity index (χ1v) is 9.61. The van der Waals surface area contributed by atoms with Crippen molar-refractivity contribution < 1.29 is 14.3 Å². The van der Waals surface area contributed by atoms with E-state index in [0.717, 1.165) is 12.0 Å². The van der Waals surface area contributed by atoms with Crippen LogP contribution in [0.4, 0.5) is 4.79 Å². The van der Waals surface area contributed by atoms with Gasteiger partial charge in [-0.25, -0.2) is 4.79 Å². The smallest absolute Gasteiger partial charge is 0.317 e. The number of halogens is 1. The Bertz CT molecular complexity index is 589. The number of hydrogen-bond donors (Lipinski definition) is 2. The SMILES string of the molecule is CCOCCCNC(=O)C1CCN(C(=O)NCc2ccccc2Cl)CC1. The molecule has 0 radical (unpaired) electrons. The molecule has 0 aromatic heterocycles. The predicted molar refractivity (Wildman–Crippen MR) is 102 cm³/mol. The Morgan fingerprint density at radius 1 is 1.23 bits per heavy atom. The van der Waals surface area contributed by atoms with Crippen molar-refractivity contribution in [3.8, 4) is 0 Å². The molecule has 26 heavy (non-hydrogen) atoms. The Kier molecular flexibility index (Phi) is 8.71. The van der Waals surface area contributed by atoms with Gasteiger partial charge in [0.15, 0.2) is 0 Å². The molecule has 1 saturated heterocycles. The summed E-state index contributed by atoms with van der Waals surface area (Å²) >= 11 is 6.10. The molecule has 1 heterocycles. The summed E-state index contributed by atoms with van der Waals surface area (Å²) in [5.74, 6) is 0.0623. The van der Waals surface area contributed by atoms with Gasteiger partial charge in [-0.3, -0.25) is 4.79 Å². The maximum Gasteiger partial charge on any atom is 0.317 e. The van der Waals surface area contributed by atoms with Crippen molar-refractivity contribution in [3.63, 3.8) is 0 Å². The number of carbonyl (C=O) groups is 2. The lowest BCUT2D eigenvalue weighted by Gasteiger charge is -2.31. The molecular weight excluding hydrogens is 354 g/mol. The van der Waals surface area contributed by atoms with E-state index in [1.165, 1.54) is 0 Å². The van der Waals surface area contributed by atoms with Gasteiger partial charge in [0, 0.05) is 50.3 Å². The molecule has 1 aromatic carbocycles. The number of nitrogens with one attached hydrogen (secondary N) is 2. The molecule has 0 aliphatic carbocycles. The van der Waals surface area contributed by atoms with Crippen molar-refractivity contribution in [2.24, 2.45) is 5.92 Å². The van der Waals surface area contributed by atoms with Gasteiger partial charge < -0.3 is 20.3 Å². The van der Waals surface area contributed by atoms with E-state index in [4.69, 9.17) is 16.3 Å². The standard InChI is InChI=1S/C19H28ClN3O3/c1-2-26-13-5-10-21-18(24)15-8-11-23(12-9-15)19(25)22-14-16-6-3-4-7-17(16)20/h3-4,6-7,15H,2,5,8-14H2,1H3,(H,21,24)(H,22,25). The quantitative estimate of drug-likeness (QED) is 0.680. The highest BCUT2D eigenvalue weighted by Gasteiger charge is 2.27. The van der Waals surface area contributed by atoms with Crippen LogP contribution in [0.2, 0.25) is 5.02 Å². The first kappa shape index (κ1) is 20.5. The molecule has 0 unspecified atom stereocenters. The Balaban J connectivity index is 1.66. The molecule has 3 amide bonds. The van der Waals surface area contributed by atoms with Crippen molar-refractivity contribution >= 4 is 23.5 Å². The van der Waals surface area contributed by atoms with Gasteiger partial charge in [-0.2, -0.15) is 0 Å². The lowest BCUT2D eigenvalue weighted by molar-refractivity contribution is -0.126. The minimum atomic E-state index is -0.111. The van der Waals surface area contributed by atoms with Gasteiger partial charge in [-0.15, -0.1) is 0 Å². The molecule has 2 N–H and O–H groups in total. The Morgan fingerprint density at radius 3 is 2.65 bits per heavy atom. The zero-order chi connectivity index (χ0) is 18.8. The molecule has 1 aromatic rings. The van der Waals surface area contributed by atoms with E-state index in [1.807, 2.05) is 31.2 Å². The second-order valence-electron chi connectivity index (χ2n) is 6.35. The number of nitrogens with zero attached hydrogens (tertiary/aromatic N) is 1. The molecule has 1 aliphatic rings. The van der Waals surface area contributed by atoms with Gasteiger partial charge in [0.05, 0.1) is 0 Å². The summed E-state index contributed by atoms with van der Waals surface area (Å²) in [7, 11) is 0. The third-order valence-electron chi connectivity index (χ3n) is 4.51. The molecule has 0 saturated carbocycles. The van der Waals surface area contributed by atoms with Crippen LogP contribution in [0.25, 0.3) is 0 Å². The number of ether oxygens (including phenoxy) is 1. The highest BCUT2D eigenvalue weighted by molar-refractivity contribution is 6.31. The van der Waals surface area contributed by atoms with Gasteiger partial charge in [-0.1, -0.05) is 29.8 Å². The minimum absolute atomic E-state index is 0.0188. The van der Waals surface area contributed by atoms with E-state index in [-0.39, 0.29) is 17.9 Å². The van der Waals surface area contributed by atoms with Crippen LogP contribution in [0, 0.1) is 5.92 Å². The largest absolute Gasteiger partial charge is 0.382 e. The van der Waals surface area contributed by atoms with Crippen molar-refractivity contribution in [1.82, 2.24) is 15.5 Å². The molecule has 6 nitrogen and oxygen atoms in total. The highest BCUT2D eigenvalue weighted by atomic mass is 35.5. The summed E-state index contributed by atoms with van der Waals surface area (Å²) in [6.07, 6.45) is 2.20. The maximum absolute atomic E-state index is 12.3. The van der Waals surface area contributed by atoms with Crippen LogP contribution >= 0.6 is 11.6 Å². The normalized spacial score (nSPS) is 14.9. The van der Waals surface area contributed by atoms with E-state index >= 15 is 0 Å². The summed E-state index contributed by atoms with van der Waals surface area (Å²) in [6.45, 7) is 5.54. The predicted octanol–water partition coefficient (Wildman–Crippen LogP) is 2.80. The van der Waals surface area contributed by atoms with Gasteiger partial charge in [0.25, 0.3) is 0 Å². The van der Waals surface area contributed by atoms with Crippen molar-refractivity contribution in [3.05, 3.63) is 34.9 Å². The Morgan fingerprint density at radius 2 is 1.96 bits per heavy atom. The average molecular weight is 382 g/mol. The molecular formula is C19H28ClN3O3. The number of benzene rings is 1. The molecule has 144 valence electrons. The number of urea groups is 1. The van der Waals surface area contributed by atoms with Crippen LogP contribution in [0.5, 0.6) is 0 Å². The average Bonchev–Trinajstić information content (AvgIpc) is 2.67. The number of piperidine rings is 1. The molecule has 0 spiro atoms. The van der Waals surface area contributed by atoms with Gasteiger partial charge >= 0.3 is 6.03 Å². The number of rotatable bonds is 8. The number of likely N-dealkylation sites (tertiary alicyclic amines) is 1. The molecule has 7 heteroatoms. The summed E-state index contributed by atoms with van der Waals surface area (Å²) in [5, 5.41) is 6.50. The lowest BCUT2D eigenvalue weighted by Crippen LogP contribution is -2.46. The summed E-state index contributed by atoms with van der Waals surface area (Å²) in [5.41, 5.74) is 0.892. The maximum atomic E-state index is 12.3. The summed E-state index contributed by atoms with van der Waals surface area (Å²) in [6, 6.07) is 7.35. The monoisotopic (exact) mass is 381 g/mol. The fourth-order valence-electron chi connectivity index (χ4n) is 2.94. The van der Waals surface area contributed by atoms with Crippen LogP contribution in [-0.2, 0) is 16.1 Å². The first-order chi connectivity index (χ1) is 12.6. The first-order valence-electron chi connectivity index (χ1n) is 9.23. The molecule has 1 aliphatic heterocycles. The van der Waals surface area contributed by atoms with Gasteiger partial charge in [0.2, 0.25) is 5.91 Å². The van der Waals surface area contributed by atoms with Crippen molar-refractivity contribution in [2.45, 2.75) is 32.7 Å². The number of amides is 3. The Labute approximate surface area is 160 Å².